The van der Waals surface area contributed by atoms with Crippen LogP contribution in [0, 0.1) is 11.3 Å². The lowest BCUT2D eigenvalue weighted by molar-refractivity contribution is -0.149. The Hall–Kier alpha value is -2.08. The Morgan fingerprint density at radius 3 is 2.68 bits per heavy atom. The molecule has 2 fully saturated rings. The predicted molar refractivity (Wildman–Crippen MR) is 93.0 cm³/mol. The van der Waals surface area contributed by atoms with Crippen LogP contribution in [0.25, 0.3) is 0 Å². The third-order valence-corrected chi connectivity index (χ3v) is 5.52. The molecule has 2 atom stereocenters. The molecule has 0 unspecified atom stereocenters. The van der Waals surface area contributed by atoms with E-state index < -0.39 is 11.4 Å². The zero-order chi connectivity index (χ0) is 17.9. The summed E-state index contributed by atoms with van der Waals surface area (Å²) in [6.45, 7) is 4.56. The summed E-state index contributed by atoms with van der Waals surface area (Å²) in [5.41, 5.74) is 1.40. The van der Waals surface area contributed by atoms with Gasteiger partial charge in [-0.05, 0) is 36.8 Å². The molecule has 0 bridgehead atoms. The number of benzene rings is 1. The van der Waals surface area contributed by atoms with Crippen molar-refractivity contribution in [1.82, 2.24) is 10.2 Å². The number of urea groups is 1. The van der Waals surface area contributed by atoms with Crippen molar-refractivity contribution < 1.29 is 19.4 Å². The van der Waals surface area contributed by atoms with Gasteiger partial charge in [0.1, 0.15) is 0 Å². The number of hydrogen-bond acceptors (Lipinski definition) is 3. The van der Waals surface area contributed by atoms with Gasteiger partial charge in [-0.15, -0.1) is 0 Å². The molecule has 0 spiro atoms. The van der Waals surface area contributed by atoms with Crippen LogP contribution < -0.4 is 5.32 Å². The van der Waals surface area contributed by atoms with Gasteiger partial charge >= 0.3 is 12.0 Å². The number of rotatable bonds is 6. The third-order valence-electron chi connectivity index (χ3n) is 5.52. The number of ether oxygens (including phenoxy) is 1. The molecule has 1 saturated heterocycles. The number of carboxylic acid groups (broad SMARTS) is 1. The third kappa shape index (κ3) is 3.63. The molecule has 6 heteroatoms. The topological polar surface area (TPSA) is 78.9 Å². The van der Waals surface area contributed by atoms with Gasteiger partial charge in [-0.25, -0.2) is 4.79 Å². The molecule has 1 aliphatic carbocycles. The fraction of sp³-hybridized carbons (Fsp3) is 0.579. The highest BCUT2D eigenvalue weighted by Crippen LogP contribution is 2.48. The van der Waals surface area contributed by atoms with Crippen molar-refractivity contribution in [3.8, 4) is 0 Å². The summed E-state index contributed by atoms with van der Waals surface area (Å²) in [5.74, 6) is -0.663. The lowest BCUT2D eigenvalue weighted by Crippen LogP contribution is -2.41. The number of carbonyl (C=O) groups is 2. The average molecular weight is 346 g/mol. The second kappa shape index (κ2) is 7.44. The van der Waals surface area contributed by atoms with E-state index >= 15 is 0 Å². The molecule has 6 nitrogen and oxygen atoms in total. The number of fused-ring (bicyclic) bond motifs is 1. The van der Waals surface area contributed by atoms with Crippen molar-refractivity contribution in [1.29, 1.82) is 0 Å². The number of nitrogens with zero attached hydrogens (tertiary/aromatic N) is 1. The molecular weight excluding hydrogens is 320 g/mol. The number of carboxylic acids is 1. The van der Waals surface area contributed by atoms with E-state index in [1.807, 2.05) is 31.2 Å². The van der Waals surface area contributed by atoms with Gasteiger partial charge in [0.2, 0.25) is 0 Å². The normalized spacial score (nSPS) is 25.0. The minimum atomic E-state index is -0.754. The van der Waals surface area contributed by atoms with E-state index in [2.05, 4.69) is 5.32 Å². The SMILES string of the molecule is CCOCc1ccc(CNC(=O)N2C[C@@H]3CCC[C@@]3(C(=O)O)C2)cc1. The fourth-order valence-electron chi connectivity index (χ4n) is 4.06. The number of aliphatic carboxylic acids is 1. The zero-order valence-electron chi connectivity index (χ0n) is 14.7. The lowest BCUT2D eigenvalue weighted by atomic mass is 9.81. The van der Waals surface area contributed by atoms with Crippen LogP contribution in [0.1, 0.15) is 37.3 Å². The quantitative estimate of drug-likeness (QED) is 0.830. The summed E-state index contributed by atoms with van der Waals surface area (Å²) in [6.07, 6.45) is 2.52. The second-order valence-corrected chi connectivity index (χ2v) is 7.04. The van der Waals surface area contributed by atoms with Crippen LogP contribution in [-0.4, -0.2) is 41.7 Å². The number of nitrogens with one attached hydrogen (secondary N) is 1. The Labute approximate surface area is 148 Å². The molecule has 25 heavy (non-hydrogen) atoms. The predicted octanol–water partition coefficient (Wildman–Crippen LogP) is 2.62. The molecule has 0 aromatic heterocycles. The average Bonchev–Trinajstić information content (AvgIpc) is 3.17. The first kappa shape index (κ1) is 17.7. The smallest absolute Gasteiger partial charge is 0.317 e. The Morgan fingerprint density at radius 2 is 2.04 bits per heavy atom. The minimum absolute atomic E-state index is 0.0913. The highest BCUT2D eigenvalue weighted by Gasteiger charge is 2.55. The lowest BCUT2D eigenvalue weighted by Gasteiger charge is -2.23. The molecule has 1 saturated carbocycles. The van der Waals surface area contributed by atoms with Gasteiger partial charge in [0.25, 0.3) is 0 Å². The number of carbonyl (C=O) groups excluding carboxylic acids is 1. The van der Waals surface area contributed by atoms with Crippen molar-refractivity contribution >= 4 is 12.0 Å². The van der Waals surface area contributed by atoms with Crippen molar-refractivity contribution in [3.05, 3.63) is 35.4 Å². The molecule has 1 heterocycles. The number of hydrogen-bond donors (Lipinski definition) is 2. The Balaban J connectivity index is 1.52. The van der Waals surface area contributed by atoms with Gasteiger partial charge in [0, 0.05) is 26.2 Å². The molecular formula is C19H26N2O4. The summed E-state index contributed by atoms with van der Waals surface area (Å²) in [5, 5.41) is 12.5. The molecule has 2 amide bonds. The maximum absolute atomic E-state index is 12.4. The highest BCUT2D eigenvalue weighted by molar-refractivity contribution is 5.80. The van der Waals surface area contributed by atoms with Gasteiger partial charge in [-0.2, -0.15) is 0 Å². The summed E-state index contributed by atoms with van der Waals surface area (Å²) >= 11 is 0. The monoisotopic (exact) mass is 346 g/mol. The molecule has 0 radical (unpaired) electrons. The Bertz CT molecular complexity index is 631. The second-order valence-electron chi connectivity index (χ2n) is 7.04. The van der Waals surface area contributed by atoms with Crippen molar-refractivity contribution in [2.45, 2.75) is 39.3 Å². The van der Waals surface area contributed by atoms with Gasteiger partial charge in [0.15, 0.2) is 0 Å². The molecule has 3 rings (SSSR count). The van der Waals surface area contributed by atoms with Crippen LogP contribution in [0.15, 0.2) is 24.3 Å². The van der Waals surface area contributed by atoms with Crippen LogP contribution >= 0.6 is 0 Å². The maximum Gasteiger partial charge on any atom is 0.317 e. The van der Waals surface area contributed by atoms with Crippen LogP contribution in [0.4, 0.5) is 4.79 Å². The first-order valence-electron chi connectivity index (χ1n) is 8.97. The zero-order valence-corrected chi connectivity index (χ0v) is 14.7. The molecule has 1 aromatic carbocycles. The molecule has 2 N–H and O–H groups in total. The van der Waals surface area contributed by atoms with Crippen LogP contribution in [-0.2, 0) is 22.7 Å². The Morgan fingerprint density at radius 1 is 1.32 bits per heavy atom. The summed E-state index contributed by atoms with van der Waals surface area (Å²) in [4.78, 5) is 25.8. The molecule has 2 aliphatic rings. The van der Waals surface area contributed by atoms with Crippen LogP contribution in [0.2, 0.25) is 0 Å². The standard InChI is InChI=1S/C19H26N2O4/c1-2-25-12-15-7-5-14(6-8-15)10-20-18(24)21-11-16-4-3-9-19(16,13-21)17(22)23/h5-8,16H,2-4,9-13H2,1H3,(H,20,24)(H,22,23)/t16-,19+/m0/s1. The van der Waals surface area contributed by atoms with Crippen molar-refractivity contribution in [2.75, 3.05) is 19.7 Å². The fourth-order valence-corrected chi connectivity index (χ4v) is 4.06. The maximum atomic E-state index is 12.4. The largest absolute Gasteiger partial charge is 0.481 e. The van der Waals surface area contributed by atoms with Crippen LogP contribution in [0.3, 0.4) is 0 Å². The van der Waals surface area contributed by atoms with E-state index in [9.17, 15) is 14.7 Å². The van der Waals surface area contributed by atoms with E-state index in [0.29, 0.717) is 39.3 Å². The first-order valence-corrected chi connectivity index (χ1v) is 8.97. The first-order chi connectivity index (χ1) is 12.0. The summed E-state index contributed by atoms with van der Waals surface area (Å²) < 4.78 is 5.37. The van der Waals surface area contributed by atoms with Gasteiger partial charge in [0.05, 0.1) is 12.0 Å². The van der Waals surface area contributed by atoms with E-state index in [-0.39, 0.29) is 11.9 Å². The molecule has 1 aromatic rings. The number of likely N-dealkylation sites (tertiary alicyclic amines) is 1. The molecule has 1 aliphatic heterocycles. The van der Waals surface area contributed by atoms with Crippen molar-refractivity contribution in [3.63, 3.8) is 0 Å². The minimum Gasteiger partial charge on any atom is -0.481 e. The van der Waals surface area contributed by atoms with E-state index in [1.54, 1.807) is 4.90 Å². The highest BCUT2D eigenvalue weighted by atomic mass is 16.5. The van der Waals surface area contributed by atoms with Crippen LogP contribution in [0.5, 0.6) is 0 Å². The van der Waals surface area contributed by atoms with Gasteiger partial charge in [-0.3, -0.25) is 4.79 Å². The van der Waals surface area contributed by atoms with E-state index in [0.717, 1.165) is 24.0 Å². The van der Waals surface area contributed by atoms with E-state index in [4.69, 9.17) is 4.74 Å². The number of amides is 2. The summed E-state index contributed by atoms with van der Waals surface area (Å²) in [7, 11) is 0. The van der Waals surface area contributed by atoms with Crippen molar-refractivity contribution in [2.24, 2.45) is 11.3 Å². The van der Waals surface area contributed by atoms with E-state index in [1.165, 1.54) is 0 Å². The van der Waals surface area contributed by atoms with Gasteiger partial charge < -0.3 is 20.1 Å². The van der Waals surface area contributed by atoms with Gasteiger partial charge in [-0.1, -0.05) is 30.7 Å². The Kier molecular flexibility index (Phi) is 5.27. The summed E-state index contributed by atoms with van der Waals surface area (Å²) in [6, 6.07) is 7.78. The molecule has 136 valence electrons.